The molecule has 2 heterocycles. The number of carbonyl (C=O) groups is 1. The molecule has 0 aliphatic rings. The average Bonchev–Trinajstić information content (AvgIpc) is 3.24. The predicted octanol–water partition coefficient (Wildman–Crippen LogP) is 4.40. The number of hydrogen-bond acceptors (Lipinski definition) is 3. The van der Waals surface area contributed by atoms with Crippen molar-refractivity contribution in [3.63, 3.8) is 0 Å². The first-order valence-corrected chi connectivity index (χ1v) is 10.5. The van der Waals surface area contributed by atoms with Crippen molar-refractivity contribution in [2.75, 3.05) is 6.54 Å². The molecule has 1 amide bonds. The van der Waals surface area contributed by atoms with Gasteiger partial charge in [0.15, 0.2) is 5.43 Å². The van der Waals surface area contributed by atoms with Crippen molar-refractivity contribution in [1.29, 1.82) is 0 Å². The van der Waals surface area contributed by atoms with Crippen molar-refractivity contribution in [1.82, 2.24) is 9.88 Å². The zero-order valence-corrected chi connectivity index (χ0v) is 17.0. The van der Waals surface area contributed by atoms with Crippen LogP contribution in [0.2, 0.25) is 0 Å². The number of aryl methyl sites for hydroxylation is 1. The first-order chi connectivity index (χ1) is 14.1. The summed E-state index contributed by atoms with van der Waals surface area (Å²) in [4.78, 5) is 26.9. The quantitative estimate of drug-likeness (QED) is 0.520. The van der Waals surface area contributed by atoms with Crippen molar-refractivity contribution in [3.05, 3.63) is 92.9 Å². The Hall–Kier alpha value is -3.18. The second-order valence-corrected chi connectivity index (χ2v) is 8.10. The minimum absolute atomic E-state index is 0.0134. The summed E-state index contributed by atoms with van der Waals surface area (Å²) in [5.74, 6) is -0.0629. The molecule has 4 aromatic rings. The van der Waals surface area contributed by atoms with Gasteiger partial charge in [-0.3, -0.25) is 9.59 Å². The fourth-order valence-corrected chi connectivity index (χ4v) is 4.15. The van der Waals surface area contributed by atoms with Gasteiger partial charge in [0.05, 0.1) is 5.52 Å². The van der Waals surface area contributed by atoms with Gasteiger partial charge in [-0.15, -0.1) is 11.3 Å². The highest BCUT2D eigenvalue weighted by atomic mass is 32.1. The number of pyridine rings is 1. The molecule has 0 unspecified atom stereocenters. The highest BCUT2D eigenvalue weighted by Gasteiger charge is 2.13. The number of amides is 1. The van der Waals surface area contributed by atoms with Gasteiger partial charge >= 0.3 is 0 Å². The van der Waals surface area contributed by atoms with Crippen LogP contribution in [0.4, 0.5) is 0 Å². The van der Waals surface area contributed by atoms with Gasteiger partial charge in [0.1, 0.15) is 6.54 Å². The summed E-state index contributed by atoms with van der Waals surface area (Å²) in [5.41, 5.74) is 3.28. The summed E-state index contributed by atoms with van der Waals surface area (Å²) in [6, 6.07) is 19.4. The maximum Gasteiger partial charge on any atom is 0.239 e. The Balaban J connectivity index is 1.65. The standard InChI is InChI=1S/C24H22N2O2S/c1-17-9-10-20-22(14-17)26(15-21(24(20)28)18-6-3-2-4-7-18)16-23(27)25-12-11-19-8-5-13-29-19/h2-10,13-15H,11-12,16H2,1H3,(H,25,27). The van der Waals surface area contributed by atoms with Crippen molar-refractivity contribution in [2.24, 2.45) is 0 Å². The van der Waals surface area contributed by atoms with E-state index in [-0.39, 0.29) is 17.9 Å². The van der Waals surface area contributed by atoms with Gasteiger partial charge in [-0.2, -0.15) is 0 Å². The molecule has 0 saturated carbocycles. The molecule has 146 valence electrons. The molecule has 0 radical (unpaired) electrons. The normalized spacial score (nSPS) is 10.9. The molecule has 1 N–H and O–H groups in total. The summed E-state index contributed by atoms with van der Waals surface area (Å²) < 4.78 is 1.88. The zero-order valence-electron chi connectivity index (χ0n) is 16.2. The second-order valence-electron chi connectivity index (χ2n) is 7.07. The molecule has 0 atom stereocenters. The van der Waals surface area contributed by atoms with Crippen LogP contribution >= 0.6 is 11.3 Å². The topological polar surface area (TPSA) is 51.1 Å². The molecule has 0 saturated heterocycles. The van der Waals surface area contributed by atoms with Gasteiger partial charge in [-0.05, 0) is 48.1 Å². The van der Waals surface area contributed by atoms with Crippen molar-refractivity contribution < 1.29 is 4.79 Å². The van der Waals surface area contributed by atoms with Gasteiger partial charge in [0.25, 0.3) is 0 Å². The molecule has 5 heteroatoms. The van der Waals surface area contributed by atoms with Crippen LogP contribution in [0.25, 0.3) is 22.0 Å². The van der Waals surface area contributed by atoms with Gasteiger partial charge < -0.3 is 9.88 Å². The largest absolute Gasteiger partial charge is 0.354 e. The van der Waals surface area contributed by atoms with Crippen LogP contribution < -0.4 is 10.7 Å². The lowest BCUT2D eigenvalue weighted by atomic mass is 10.0. The maximum absolute atomic E-state index is 13.1. The molecule has 0 aliphatic heterocycles. The van der Waals surface area contributed by atoms with E-state index in [4.69, 9.17) is 0 Å². The van der Waals surface area contributed by atoms with E-state index in [0.717, 1.165) is 23.1 Å². The van der Waals surface area contributed by atoms with E-state index >= 15 is 0 Å². The molecule has 4 rings (SSSR count). The second kappa shape index (κ2) is 8.45. The van der Waals surface area contributed by atoms with Crippen LogP contribution in [0.3, 0.4) is 0 Å². The Bertz CT molecular complexity index is 1200. The number of benzene rings is 2. The highest BCUT2D eigenvalue weighted by Crippen LogP contribution is 2.21. The first-order valence-electron chi connectivity index (χ1n) is 9.60. The number of rotatable bonds is 6. The van der Waals surface area contributed by atoms with Crippen LogP contribution in [0.5, 0.6) is 0 Å². The molecule has 0 fully saturated rings. The molecule has 29 heavy (non-hydrogen) atoms. The lowest BCUT2D eigenvalue weighted by Gasteiger charge is -2.14. The Morgan fingerprint density at radius 3 is 2.66 bits per heavy atom. The number of thiophene rings is 1. The van der Waals surface area contributed by atoms with Gasteiger partial charge in [-0.25, -0.2) is 0 Å². The summed E-state index contributed by atoms with van der Waals surface area (Å²) in [7, 11) is 0. The summed E-state index contributed by atoms with van der Waals surface area (Å²) in [5, 5.41) is 5.66. The molecule has 2 aromatic heterocycles. The lowest BCUT2D eigenvalue weighted by molar-refractivity contribution is -0.121. The summed E-state index contributed by atoms with van der Waals surface area (Å²) in [6.45, 7) is 2.76. The van der Waals surface area contributed by atoms with Crippen LogP contribution in [-0.2, 0) is 17.8 Å². The Morgan fingerprint density at radius 1 is 1.07 bits per heavy atom. The van der Waals surface area contributed by atoms with Crippen LogP contribution in [0.1, 0.15) is 10.4 Å². The van der Waals surface area contributed by atoms with Crippen LogP contribution in [0.15, 0.2) is 77.0 Å². The van der Waals surface area contributed by atoms with E-state index in [9.17, 15) is 9.59 Å². The van der Waals surface area contributed by atoms with E-state index in [1.54, 1.807) is 17.5 Å². The fourth-order valence-electron chi connectivity index (χ4n) is 3.45. The summed E-state index contributed by atoms with van der Waals surface area (Å²) >= 11 is 1.69. The number of nitrogens with one attached hydrogen (secondary N) is 1. The van der Waals surface area contributed by atoms with Gasteiger partial charge in [-0.1, -0.05) is 42.5 Å². The zero-order chi connectivity index (χ0) is 20.2. The molecule has 0 spiro atoms. The Kier molecular flexibility index (Phi) is 5.58. The Labute approximate surface area is 173 Å². The first kappa shape index (κ1) is 19.2. The van der Waals surface area contributed by atoms with E-state index in [1.807, 2.05) is 71.5 Å². The number of fused-ring (bicyclic) bond motifs is 1. The molecule has 4 nitrogen and oxygen atoms in total. The van der Waals surface area contributed by atoms with E-state index in [2.05, 4.69) is 11.4 Å². The van der Waals surface area contributed by atoms with Gasteiger partial charge in [0, 0.05) is 28.6 Å². The highest BCUT2D eigenvalue weighted by molar-refractivity contribution is 7.09. The van der Waals surface area contributed by atoms with Crippen LogP contribution in [0, 0.1) is 6.92 Å². The molecular formula is C24H22N2O2S. The van der Waals surface area contributed by atoms with E-state index < -0.39 is 0 Å². The van der Waals surface area contributed by atoms with Crippen molar-refractivity contribution >= 4 is 28.1 Å². The summed E-state index contributed by atoms with van der Waals surface area (Å²) in [6.07, 6.45) is 2.63. The molecule has 0 aliphatic carbocycles. The fraction of sp³-hybridized carbons (Fsp3) is 0.167. The smallest absolute Gasteiger partial charge is 0.239 e. The minimum atomic E-state index is -0.0629. The average molecular weight is 403 g/mol. The Morgan fingerprint density at radius 2 is 1.90 bits per heavy atom. The third-order valence-corrected chi connectivity index (χ3v) is 5.85. The van der Waals surface area contributed by atoms with Crippen molar-refractivity contribution in [3.8, 4) is 11.1 Å². The van der Waals surface area contributed by atoms with E-state index in [0.29, 0.717) is 17.5 Å². The molecule has 2 aromatic carbocycles. The third kappa shape index (κ3) is 4.30. The monoisotopic (exact) mass is 402 g/mol. The minimum Gasteiger partial charge on any atom is -0.354 e. The van der Waals surface area contributed by atoms with Gasteiger partial charge in [0.2, 0.25) is 5.91 Å². The molecular weight excluding hydrogens is 380 g/mol. The number of nitrogens with zero attached hydrogens (tertiary/aromatic N) is 1. The maximum atomic E-state index is 13.1. The van der Waals surface area contributed by atoms with Crippen LogP contribution in [-0.4, -0.2) is 17.0 Å². The van der Waals surface area contributed by atoms with E-state index in [1.165, 1.54) is 4.88 Å². The SMILES string of the molecule is Cc1ccc2c(=O)c(-c3ccccc3)cn(CC(=O)NCCc3cccs3)c2c1. The number of aromatic nitrogens is 1. The lowest BCUT2D eigenvalue weighted by Crippen LogP contribution is -2.30. The third-order valence-electron chi connectivity index (χ3n) is 4.91. The molecule has 0 bridgehead atoms. The number of carbonyl (C=O) groups excluding carboxylic acids is 1. The number of hydrogen-bond donors (Lipinski definition) is 1. The van der Waals surface area contributed by atoms with Crippen molar-refractivity contribution in [2.45, 2.75) is 19.9 Å². The predicted molar refractivity (Wildman–Crippen MR) is 119 cm³/mol.